The van der Waals surface area contributed by atoms with Gasteiger partial charge in [0.2, 0.25) is 0 Å². The topological polar surface area (TPSA) is 75.4 Å². The van der Waals surface area contributed by atoms with Crippen molar-refractivity contribution in [3.05, 3.63) is 46.7 Å². The van der Waals surface area contributed by atoms with Crippen molar-refractivity contribution < 1.29 is 14.7 Å². The second-order valence-electron chi connectivity index (χ2n) is 6.17. The maximum absolute atomic E-state index is 12.9. The molecule has 0 aliphatic carbocycles. The van der Waals surface area contributed by atoms with Crippen LogP contribution in [0.1, 0.15) is 35.8 Å². The van der Waals surface area contributed by atoms with Crippen LogP contribution >= 0.6 is 11.6 Å². The van der Waals surface area contributed by atoms with E-state index >= 15 is 0 Å². The number of carboxylic acids is 1. The summed E-state index contributed by atoms with van der Waals surface area (Å²) in [5.74, 6) is -1.28. The molecule has 0 bridgehead atoms. The summed E-state index contributed by atoms with van der Waals surface area (Å²) in [6.45, 7) is 3.82. The highest BCUT2D eigenvalue weighted by atomic mass is 35.5. The van der Waals surface area contributed by atoms with E-state index in [1.165, 1.54) is 11.1 Å². The van der Waals surface area contributed by atoms with Crippen LogP contribution in [0.15, 0.2) is 30.5 Å². The lowest BCUT2D eigenvalue weighted by Gasteiger charge is -2.31. The Bertz CT molecular complexity index is 817. The van der Waals surface area contributed by atoms with Crippen molar-refractivity contribution in [2.24, 2.45) is 0 Å². The molecule has 0 radical (unpaired) electrons. The van der Waals surface area contributed by atoms with E-state index < -0.39 is 11.5 Å². The molecule has 1 aliphatic rings. The van der Waals surface area contributed by atoms with Crippen molar-refractivity contribution >= 4 is 23.5 Å². The number of aliphatic carboxylic acids is 1. The summed E-state index contributed by atoms with van der Waals surface area (Å²) >= 11 is 6.01. The number of hydrogen-bond donors (Lipinski definition) is 1. The summed E-state index contributed by atoms with van der Waals surface area (Å²) in [5.41, 5.74) is 0.648. The van der Waals surface area contributed by atoms with E-state index in [9.17, 15) is 14.7 Å². The molecule has 1 unspecified atom stereocenters. The fraction of sp³-hybridized carbons (Fsp3) is 0.353. The molecular weight excluding hydrogens is 330 g/mol. The quantitative estimate of drug-likeness (QED) is 0.926. The molecule has 3 rings (SSSR count). The van der Waals surface area contributed by atoms with Crippen LogP contribution in [-0.4, -0.2) is 43.7 Å². The van der Waals surface area contributed by atoms with Crippen LogP contribution in [0.5, 0.6) is 0 Å². The first-order valence-corrected chi connectivity index (χ1v) is 8.08. The van der Waals surface area contributed by atoms with Gasteiger partial charge in [-0.3, -0.25) is 4.79 Å². The number of benzene rings is 1. The predicted octanol–water partition coefficient (Wildman–Crippen LogP) is 2.91. The third kappa shape index (κ3) is 2.57. The molecule has 2 heterocycles. The van der Waals surface area contributed by atoms with Gasteiger partial charge in [-0.15, -0.1) is 0 Å². The number of halogens is 1. The number of nitrogens with zero attached hydrogens (tertiary/aromatic N) is 3. The number of carbonyl (C=O) groups excluding carboxylic acids is 1. The van der Waals surface area contributed by atoms with Gasteiger partial charge >= 0.3 is 5.97 Å². The predicted molar refractivity (Wildman–Crippen MR) is 89.6 cm³/mol. The van der Waals surface area contributed by atoms with Crippen LogP contribution in [0.25, 0.3) is 5.69 Å². The van der Waals surface area contributed by atoms with Gasteiger partial charge in [0.1, 0.15) is 5.54 Å². The Hall–Kier alpha value is -2.34. The SMILES string of the molecule is Cc1c(C(=O)N2CCCC2(C)C(=O)O)cnn1-c1cccc(Cl)c1. The van der Waals surface area contributed by atoms with Crippen molar-refractivity contribution in [2.45, 2.75) is 32.2 Å². The minimum Gasteiger partial charge on any atom is -0.480 e. The van der Waals surface area contributed by atoms with Crippen molar-refractivity contribution in [1.82, 2.24) is 14.7 Å². The molecule has 6 nitrogen and oxygen atoms in total. The number of carbonyl (C=O) groups is 2. The Morgan fingerprint density at radius 1 is 1.38 bits per heavy atom. The van der Waals surface area contributed by atoms with Gasteiger partial charge in [-0.2, -0.15) is 5.10 Å². The van der Waals surface area contributed by atoms with Gasteiger partial charge in [0.25, 0.3) is 5.91 Å². The molecule has 1 fully saturated rings. The summed E-state index contributed by atoms with van der Waals surface area (Å²) in [4.78, 5) is 25.9. The van der Waals surface area contributed by atoms with E-state index in [-0.39, 0.29) is 5.91 Å². The number of amides is 1. The lowest BCUT2D eigenvalue weighted by Crippen LogP contribution is -2.50. The van der Waals surface area contributed by atoms with E-state index in [0.29, 0.717) is 35.7 Å². The largest absolute Gasteiger partial charge is 0.480 e. The van der Waals surface area contributed by atoms with Crippen LogP contribution in [0.4, 0.5) is 0 Å². The van der Waals surface area contributed by atoms with E-state index in [4.69, 9.17) is 11.6 Å². The molecule has 1 saturated heterocycles. The Balaban J connectivity index is 1.97. The van der Waals surface area contributed by atoms with Gasteiger partial charge in [0, 0.05) is 11.6 Å². The smallest absolute Gasteiger partial charge is 0.329 e. The molecule has 24 heavy (non-hydrogen) atoms. The zero-order valence-electron chi connectivity index (χ0n) is 13.5. The highest BCUT2D eigenvalue weighted by Crippen LogP contribution is 2.31. The van der Waals surface area contributed by atoms with Crippen LogP contribution in [0.2, 0.25) is 5.02 Å². The Kier molecular flexibility index (Phi) is 4.09. The third-order valence-electron chi connectivity index (χ3n) is 4.64. The second-order valence-corrected chi connectivity index (χ2v) is 6.61. The van der Waals surface area contributed by atoms with Gasteiger partial charge in [0.15, 0.2) is 0 Å². The molecule has 0 spiro atoms. The maximum atomic E-state index is 12.9. The lowest BCUT2D eigenvalue weighted by molar-refractivity contribution is -0.147. The van der Waals surface area contributed by atoms with Crippen LogP contribution in [0.3, 0.4) is 0 Å². The highest BCUT2D eigenvalue weighted by molar-refractivity contribution is 6.30. The molecule has 1 aromatic carbocycles. The molecular formula is C17H18ClN3O3. The summed E-state index contributed by atoms with van der Waals surface area (Å²) in [5, 5.41) is 14.3. The molecule has 1 N–H and O–H groups in total. The lowest BCUT2D eigenvalue weighted by atomic mass is 9.98. The molecule has 0 saturated carbocycles. The molecule has 1 aliphatic heterocycles. The molecule has 2 aromatic rings. The summed E-state index contributed by atoms with van der Waals surface area (Å²) in [6, 6.07) is 7.17. The van der Waals surface area contributed by atoms with Crippen LogP contribution < -0.4 is 0 Å². The van der Waals surface area contributed by atoms with E-state index in [1.807, 2.05) is 12.1 Å². The monoisotopic (exact) mass is 347 g/mol. The summed E-state index contributed by atoms with van der Waals surface area (Å²) in [6.07, 6.45) is 2.62. The first-order chi connectivity index (χ1) is 11.3. The fourth-order valence-corrected chi connectivity index (χ4v) is 3.33. The van der Waals surface area contributed by atoms with E-state index in [2.05, 4.69) is 5.10 Å². The number of carboxylic acid groups (broad SMARTS) is 1. The molecule has 1 amide bonds. The van der Waals surface area contributed by atoms with Crippen molar-refractivity contribution in [2.75, 3.05) is 6.54 Å². The van der Waals surface area contributed by atoms with Crippen LogP contribution in [-0.2, 0) is 4.79 Å². The average Bonchev–Trinajstić information content (AvgIpc) is 3.11. The van der Waals surface area contributed by atoms with Crippen molar-refractivity contribution in [3.8, 4) is 5.69 Å². The Morgan fingerprint density at radius 3 is 2.79 bits per heavy atom. The van der Waals surface area contributed by atoms with E-state index in [1.54, 1.807) is 30.7 Å². The fourth-order valence-electron chi connectivity index (χ4n) is 3.14. The van der Waals surface area contributed by atoms with Gasteiger partial charge in [0.05, 0.1) is 23.1 Å². The standard InChI is InChI=1S/C17H18ClN3O3/c1-11-14(10-19-21(11)13-6-3-5-12(18)9-13)15(22)20-8-4-7-17(20,2)16(23)24/h3,5-6,9-10H,4,7-8H2,1-2H3,(H,23,24). The minimum atomic E-state index is -1.17. The second kappa shape index (κ2) is 5.94. The highest BCUT2D eigenvalue weighted by Gasteiger charge is 2.46. The maximum Gasteiger partial charge on any atom is 0.329 e. The van der Waals surface area contributed by atoms with E-state index in [0.717, 1.165) is 5.69 Å². The molecule has 1 aromatic heterocycles. The number of hydrogen-bond acceptors (Lipinski definition) is 3. The molecule has 1 atom stereocenters. The van der Waals surface area contributed by atoms with Gasteiger partial charge < -0.3 is 10.0 Å². The average molecular weight is 348 g/mol. The third-order valence-corrected chi connectivity index (χ3v) is 4.87. The number of likely N-dealkylation sites (tertiary alicyclic amines) is 1. The number of aromatic nitrogens is 2. The normalized spacial score (nSPS) is 20.4. The number of rotatable bonds is 3. The minimum absolute atomic E-state index is 0.303. The first-order valence-electron chi connectivity index (χ1n) is 7.70. The van der Waals surface area contributed by atoms with Crippen molar-refractivity contribution in [1.29, 1.82) is 0 Å². The zero-order chi connectivity index (χ0) is 17.5. The zero-order valence-corrected chi connectivity index (χ0v) is 14.2. The molecule has 7 heteroatoms. The van der Waals surface area contributed by atoms with Gasteiger partial charge in [-0.25, -0.2) is 9.48 Å². The van der Waals surface area contributed by atoms with Gasteiger partial charge in [-0.05, 0) is 44.9 Å². The first kappa shape index (κ1) is 16.5. The Morgan fingerprint density at radius 2 is 2.12 bits per heavy atom. The van der Waals surface area contributed by atoms with Crippen molar-refractivity contribution in [3.63, 3.8) is 0 Å². The summed E-state index contributed by atoms with van der Waals surface area (Å²) in [7, 11) is 0. The molecule has 126 valence electrons. The Labute approximate surface area is 144 Å². The van der Waals surface area contributed by atoms with Crippen LogP contribution in [0, 0.1) is 6.92 Å². The van der Waals surface area contributed by atoms with Gasteiger partial charge in [-0.1, -0.05) is 17.7 Å². The summed E-state index contributed by atoms with van der Waals surface area (Å²) < 4.78 is 1.63.